The van der Waals surface area contributed by atoms with E-state index in [2.05, 4.69) is 9.46 Å². The number of ether oxygens (including phenoxy) is 1. The lowest BCUT2D eigenvalue weighted by Gasteiger charge is -2.17. The van der Waals surface area contributed by atoms with Gasteiger partial charge in [-0.25, -0.2) is 17.5 Å². The van der Waals surface area contributed by atoms with E-state index in [1.807, 2.05) is 0 Å². The average Bonchev–Trinajstić information content (AvgIpc) is 2.94. The van der Waals surface area contributed by atoms with E-state index in [4.69, 9.17) is 0 Å². The zero-order valence-corrected chi connectivity index (χ0v) is 14.2. The van der Waals surface area contributed by atoms with Gasteiger partial charge in [-0.1, -0.05) is 12.1 Å². The molecule has 2 rings (SSSR count). The van der Waals surface area contributed by atoms with Crippen LogP contribution in [0, 0.1) is 12.7 Å². The zero-order valence-electron chi connectivity index (χ0n) is 12.6. The quantitative estimate of drug-likeness (QED) is 0.807. The molecule has 0 saturated heterocycles. The van der Waals surface area contributed by atoms with Gasteiger partial charge in [0.2, 0.25) is 0 Å². The van der Waals surface area contributed by atoms with Crippen molar-refractivity contribution in [1.29, 1.82) is 0 Å². The number of nitrogens with one attached hydrogen (secondary N) is 1. The molecule has 0 aliphatic carbocycles. The normalized spacial score (nSPS) is 12.8. The lowest BCUT2D eigenvalue weighted by molar-refractivity contribution is -0.141. The number of aryl methyl sites for hydroxylation is 1. The van der Waals surface area contributed by atoms with Crippen molar-refractivity contribution >= 4 is 27.3 Å². The number of carbonyl (C=O) groups is 1. The summed E-state index contributed by atoms with van der Waals surface area (Å²) in [6.07, 6.45) is -0.189. The smallest absolute Gasteiger partial charge is 0.307 e. The van der Waals surface area contributed by atoms with Gasteiger partial charge in [0, 0.05) is 4.88 Å². The van der Waals surface area contributed by atoms with E-state index in [-0.39, 0.29) is 10.6 Å². The van der Waals surface area contributed by atoms with Crippen molar-refractivity contribution in [1.82, 2.24) is 4.72 Å². The monoisotopic (exact) mass is 357 g/mol. The second kappa shape index (κ2) is 7.20. The van der Waals surface area contributed by atoms with Gasteiger partial charge in [0.15, 0.2) is 0 Å². The number of esters is 1. The summed E-state index contributed by atoms with van der Waals surface area (Å²) in [5.74, 6) is -1.01. The van der Waals surface area contributed by atoms with Gasteiger partial charge < -0.3 is 4.74 Å². The molecule has 0 saturated carbocycles. The predicted molar refractivity (Wildman–Crippen MR) is 85.2 cm³/mol. The molecule has 1 heterocycles. The van der Waals surface area contributed by atoms with Crippen molar-refractivity contribution < 1.29 is 22.3 Å². The van der Waals surface area contributed by atoms with Crippen LogP contribution in [0.3, 0.4) is 0 Å². The lowest BCUT2D eigenvalue weighted by Crippen LogP contribution is -2.30. The maximum atomic E-state index is 13.1. The minimum absolute atomic E-state index is 0.159. The Balaban J connectivity index is 2.30. The molecule has 1 aromatic heterocycles. The number of carbonyl (C=O) groups excluding carboxylic acids is 1. The van der Waals surface area contributed by atoms with E-state index in [1.54, 1.807) is 13.0 Å². The third-order valence-electron chi connectivity index (χ3n) is 3.15. The minimum atomic E-state index is -3.78. The standard InChI is InChI=1S/C15H16FNO4S2/c1-10-3-8-15(22-10)23(19,20)17-13(9-14(18)21-2)11-4-6-12(16)7-5-11/h3-8,13,17H,9H2,1-2H3. The molecule has 0 bridgehead atoms. The van der Waals surface area contributed by atoms with Gasteiger partial charge in [-0.15, -0.1) is 11.3 Å². The van der Waals surface area contributed by atoms with Gasteiger partial charge in [-0.05, 0) is 36.8 Å². The molecule has 1 aromatic carbocycles. The van der Waals surface area contributed by atoms with E-state index >= 15 is 0 Å². The summed E-state index contributed by atoms with van der Waals surface area (Å²) in [5.41, 5.74) is 0.480. The molecule has 0 fully saturated rings. The van der Waals surface area contributed by atoms with Gasteiger partial charge in [-0.3, -0.25) is 4.79 Å². The number of rotatable bonds is 6. The first-order valence-electron chi connectivity index (χ1n) is 6.73. The SMILES string of the molecule is COC(=O)CC(NS(=O)(=O)c1ccc(C)s1)c1ccc(F)cc1. The van der Waals surface area contributed by atoms with Crippen LogP contribution in [0.5, 0.6) is 0 Å². The molecule has 5 nitrogen and oxygen atoms in total. The van der Waals surface area contributed by atoms with Crippen LogP contribution in [0.1, 0.15) is 22.9 Å². The Hall–Kier alpha value is -1.77. The molecular weight excluding hydrogens is 341 g/mol. The molecule has 1 unspecified atom stereocenters. The number of sulfonamides is 1. The minimum Gasteiger partial charge on any atom is -0.469 e. The first-order chi connectivity index (χ1) is 10.8. The Morgan fingerprint density at radius 1 is 1.26 bits per heavy atom. The van der Waals surface area contributed by atoms with Crippen LogP contribution in [0.15, 0.2) is 40.6 Å². The van der Waals surface area contributed by atoms with Crippen molar-refractivity contribution in [2.24, 2.45) is 0 Å². The van der Waals surface area contributed by atoms with Gasteiger partial charge in [-0.2, -0.15) is 0 Å². The number of benzene rings is 1. The number of methoxy groups -OCH3 is 1. The van der Waals surface area contributed by atoms with E-state index < -0.39 is 27.9 Å². The lowest BCUT2D eigenvalue weighted by atomic mass is 10.1. The van der Waals surface area contributed by atoms with Gasteiger partial charge in [0.05, 0.1) is 19.6 Å². The average molecular weight is 357 g/mol. The van der Waals surface area contributed by atoms with Crippen LogP contribution in [-0.2, 0) is 19.6 Å². The predicted octanol–water partition coefficient (Wildman–Crippen LogP) is 2.78. The Morgan fingerprint density at radius 2 is 1.91 bits per heavy atom. The summed E-state index contributed by atoms with van der Waals surface area (Å²) in [6.45, 7) is 1.80. The van der Waals surface area contributed by atoms with Crippen molar-refractivity contribution in [2.75, 3.05) is 7.11 Å². The molecule has 124 valence electrons. The molecule has 8 heteroatoms. The number of hydrogen-bond acceptors (Lipinski definition) is 5. The topological polar surface area (TPSA) is 72.5 Å². The van der Waals surface area contributed by atoms with Crippen molar-refractivity contribution in [2.45, 2.75) is 23.6 Å². The second-order valence-electron chi connectivity index (χ2n) is 4.87. The van der Waals surface area contributed by atoms with Crippen LogP contribution in [-0.4, -0.2) is 21.5 Å². The Morgan fingerprint density at radius 3 is 2.43 bits per heavy atom. The summed E-state index contributed by atoms with van der Waals surface area (Å²) in [5, 5.41) is 0. The highest BCUT2D eigenvalue weighted by atomic mass is 32.2. The summed E-state index contributed by atoms with van der Waals surface area (Å²) < 4.78 is 45.2. The van der Waals surface area contributed by atoms with E-state index in [0.717, 1.165) is 16.2 Å². The van der Waals surface area contributed by atoms with E-state index in [1.165, 1.54) is 37.4 Å². The largest absolute Gasteiger partial charge is 0.469 e. The summed E-state index contributed by atoms with van der Waals surface area (Å²) in [4.78, 5) is 12.4. The number of thiophene rings is 1. The van der Waals surface area contributed by atoms with Gasteiger partial charge in [0.25, 0.3) is 10.0 Å². The molecule has 0 aliphatic heterocycles. The van der Waals surface area contributed by atoms with Gasteiger partial charge in [0.1, 0.15) is 10.0 Å². The summed E-state index contributed by atoms with van der Waals surface area (Å²) >= 11 is 1.13. The van der Waals surface area contributed by atoms with E-state index in [0.29, 0.717) is 5.56 Å². The Labute approximate surface area is 138 Å². The Bertz CT molecular complexity index is 784. The highest BCUT2D eigenvalue weighted by molar-refractivity contribution is 7.91. The molecule has 23 heavy (non-hydrogen) atoms. The highest BCUT2D eigenvalue weighted by Gasteiger charge is 2.25. The second-order valence-corrected chi connectivity index (χ2v) is 8.10. The molecule has 0 radical (unpaired) electrons. The molecule has 2 aromatic rings. The van der Waals surface area contributed by atoms with E-state index in [9.17, 15) is 17.6 Å². The molecule has 0 aliphatic rings. The van der Waals surface area contributed by atoms with Crippen LogP contribution in [0.4, 0.5) is 4.39 Å². The molecule has 0 spiro atoms. The highest BCUT2D eigenvalue weighted by Crippen LogP contribution is 2.25. The van der Waals surface area contributed by atoms with Crippen LogP contribution < -0.4 is 4.72 Å². The zero-order chi connectivity index (χ0) is 17.0. The fourth-order valence-corrected chi connectivity index (χ4v) is 4.50. The summed E-state index contributed by atoms with van der Waals surface area (Å²) in [6, 6.07) is 7.66. The van der Waals surface area contributed by atoms with Crippen molar-refractivity contribution in [3.8, 4) is 0 Å². The Kier molecular flexibility index (Phi) is 5.51. The fraction of sp³-hybridized carbons (Fsp3) is 0.267. The maximum absolute atomic E-state index is 13.1. The van der Waals surface area contributed by atoms with Crippen molar-refractivity contribution in [3.05, 3.63) is 52.7 Å². The van der Waals surface area contributed by atoms with Crippen molar-refractivity contribution in [3.63, 3.8) is 0 Å². The molecule has 1 N–H and O–H groups in total. The first-order valence-corrected chi connectivity index (χ1v) is 9.03. The molecule has 0 amide bonds. The van der Waals surface area contributed by atoms with Gasteiger partial charge >= 0.3 is 5.97 Å². The molecular formula is C15H16FNO4S2. The third-order valence-corrected chi connectivity index (χ3v) is 6.11. The summed E-state index contributed by atoms with van der Waals surface area (Å²) in [7, 11) is -2.56. The third kappa shape index (κ3) is 4.60. The first kappa shape index (κ1) is 17.6. The number of halogens is 1. The van der Waals surface area contributed by atoms with Crippen LogP contribution in [0.25, 0.3) is 0 Å². The van der Waals surface area contributed by atoms with Crippen LogP contribution >= 0.6 is 11.3 Å². The molecule has 1 atom stereocenters. The fourth-order valence-electron chi connectivity index (χ4n) is 1.97. The number of hydrogen-bond donors (Lipinski definition) is 1. The van der Waals surface area contributed by atoms with Crippen LogP contribution in [0.2, 0.25) is 0 Å². The maximum Gasteiger partial charge on any atom is 0.307 e.